The first-order valence-electron chi connectivity index (χ1n) is 7.34. The predicted octanol–water partition coefficient (Wildman–Crippen LogP) is 1.70. The number of fused-ring (bicyclic) bond motifs is 1. The van der Waals surface area contributed by atoms with E-state index in [-0.39, 0.29) is 18.5 Å². The lowest BCUT2D eigenvalue weighted by Gasteiger charge is -2.26. The molecule has 1 fully saturated rings. The lowest BCUT2D eigenvalue weighted by atomic mass is 10.1. The molecule has 1 aromatic rings. The van der Waals surface area contributed by atoms with Crippen LogP contribution in [0, 0.1) is 5.92 Å². The molecule has 1 heterocycles. The Morgan fingerprint density at radius 1 is 1.38 bits per heavy atom. The number of para-hydroxylation sites is 1. The molecule has 0 radical (unpaired) electrons. The highest BCUT2D eigenvalue weighted by Gasteiger charge is 2.40. The van der Waals surface area contributed by atoms with E-state index in [0.717, 1.165) is 24.2 Å². The van der Waals surface area contributed by atoms with Gasteiger partial charge in [0, 0.05) is 19.0 Å². The number of nitrogens with zero attached hydrogens (tertiary/aromatic N) is 1. The number of carboxylic acids is 1. The van der Waals surface area contributed by atoms with Gasteiger partial charge in [0.2, 0.25) is 0 Å². The summed E-state index contributed by atoms with van der Waals surface area (Å²) in [5.41, 5.74) is 1.04. The van der Waals surface area contributed by atoms with Crippen molar-refractivity contribution >= 4 is 11.9 Å². The Balaban J connectivity index is 1.70. The highest BCUT2D eigenvalue weighted by molar-refractivity contribution is 5.84. The number of carboxylic acid groups (broad SMARTS) is 1. The average molecular weight is 289 g/mol. The third-order valence-corrected chi connectivity index (χ3v) is 4.09. The van der Waals surface area contributed by atoms with E-state index in [1.807, 2.05) is 24.3 Å². The topological polar surface area (TPSA) is 66.8 Å². The Morgan fingerprint density at radius 3 is 2.71 bits per heavy atom. The van der Waals surface area contributed by atoms with Gasteiger partial charge in [-0.1, -0.05) is 25.1 Å². The minimum atomic E-state index is -0.871. The van der Waals surface area contributed by atoms with Crippen molar-refractivity contribution in [1.29, 1.82) is 0 Å². The molecule has 2 atom stereocenters. The normalized spacial score (nSPS) is 21.3. The molecule has 0 bridgehead atoms. The van der Waals surface area contributed by atoms with E-state index in [0.29, 0.717) is 6.42 Å². The van der Waals surface area contributed by atoms with E-state index in [9.17, 15) is 9.59 Å². The number of carbonyl (C=O) groups excluding carboxylic acids is 1. The lowest BCUT2D eigenvalue weighted by molar-refractivity contribution is -0.145. The van der Waals surface area contributed by atoms with Crippen molar-refractivity contribution in [2.24, 2.45) is 5.92 Å². The molecule has 2 aliphatic rings. The molecular weight excluding hydrogens is 270 g/mol. The predicted molar refractivity (Wildman–Crippen MR) is 76.1 cm³/mol. The fourth-order valence-corrected chi connectivity index (χ4v) is 2.68. The quantitative estimate of drug-likeness (QED) is 0.896. The van der Waals surface area contributed by atoms with Crippen LogP contribution < -0.4 is 4.74 Å². The molecule has 0 spiro atoms. The zero-order valence-corrected chi connectivity index (χ0v) is 12.0. The first-order chi connectivity index (χ1) is 10.1. The van der Waals surface area contributed by atoms with Crippen LogP contribution in [0.4, 0.5) is 0 Å². The Kier molecular flexibility index (Phi) is 3.57. The van der Waals surface area contributed by atoms with Crippen molar-refractivity contribution in [1.82, 2.24) is 4.90 Å². The Morgan fingerprint density at radius 2 is 2.10 bits per heavy atom. The zero-order valence-electron chi connectivity index (χ0n) is 12.0. The Hall–Kier alpha value is -2.04. The maximum Gasteiger partial charge on any atom is 0.308 e. The summed E-state index contributed by atoms with van der Waals surface area (Å²) in [6.45, 7) is 1.89. The van der Waals surface area contributed by atoms with Crippen molar-refractivity contribution in [3.63, 3.8) is 0 Å². The van der Waals surface area contributed by atoms with E-state index < -0.39 is 18.0 Å². The fourth-order valence-electron chi connectivity index (χ4n) is 2.68. The van der Waals surface area contributed by atoms with Gasteiger partial charge in [-0.3, -0.25) is 9.59 Å². The van der Waals surface area contributed by atoms with E-state index in [1.165, 1.54) is 0 Å². The summed E-state index contributed by atoms with van der Waals surface area (Å²) in [4.78, 5) is 25.4. The van der Waals surface area contributed by atoms with Gasteiger partial charge in [0.25, 0.3) is 5.91 Å². The first kappa shape index (κ1) is 13.9. The molecule has 1 amide bonds. The number of benzene rings is 1. The Bertz CT molecular complexity index is 542. The van der Waals surface area contributed by atoms with E-state index in [1.54, 1.807) is 11.8 Å². The van der Waals surface area contributed by atoms with Crippen molar-refractivity contribution < 1.29 is 19.4 Å². The number of carbonyl (C=O) groups is 2. The molecule has 1 aliphatic heterocycles. The number of hydrogen-bond acceptors (Lipinski definition) is 3. The largest absolute Gasteiger partial charge is 0.481 e. The Labute approximate surface area is 123 Å². The first-order valence-corrected chi connectivity index (χ1v) is 7.34. The molecule has 1 aliphatic carbocycles. The van der Waals surface area contributed by atoms with Gasteiger partial charge < -0.3 is 14.7 Å². The number of hydrogen-bond donors (Lipinski definition) is 1. The molecule has 1 aromatic carbocycles. The summed E-state index contributed by atoms with van der Waals surface area (Å²) < 4.78 is 5.73. The summed E-state index contributed by atoms with van der Waals surface area (Å²) >= 11 is 0. The van der Waals surface area contributed by atoms with Gasteiger partial charge >= 0.3 is 5.97 Å². The smallest absolute Gasteiger partial charge is 0.308 e. The molecule has 21 heavy (non-hydrogen) atoms. The van der Waals surface area contributed by atoms with E-state index in [4.69, 9.17) is 9.84 Å². The number of aliphatic carboxylic acids is 1. The van der Waals surface area contributed by atoms with E-state index in [2.05, 4.69) is 0 Å². The van der Waals surface area contributed by atoms with Gasteiger partial charge in [0.1, 0.15) is 5.75 Å². The van der Waals surface area contributed by atoms with Crippen LogP contribution in [0.25, 0.3) is 0 Å². The molecule has 5 heteroatoms. The highest BCUT2D eigenvalue weighted by atomic mass is 16.5. The van der Waals surface area contributed by atoms with Crippen LogP contribution in [-0.2, 0) is 16.0 Å². The highest BCUT2D eigenvalue weighted by Crippen LogP contribution is 2.33. The van der Waals surface area contributed by atoms with Gasteiger partial charge in [-0.2, -0.15) is 0 Å². The van der Waals surface area contributed by atoms with E-state index >= 15 is 0 Å². The molecule has 3 rings (SSSR count). The summed E-state index contributed by atoms with van der Waals surface area (Å²) in [6, 6.07) is 7.83. The van der Waals surface area contributed by atoms with Crippen LogP contribution >= 0.6 is 0 Å². The second-order valence-corrected chi connectivity index (χ2v) is 5.88. The van der Waals surface area contributed by atoms with Crippen LogP contribution in [-0.4, -0.2) is 40.6 Å². The van der Waals surface area contributed by atoms with Gasteiger partial charge in [-0.25, -0.2) is 0 Å². The molecule has 112 valence electrons. The zero-order chi connectivity index (χ0) is 15.0. The third kappa shape index (κ3) is 2.86. The van der Waals surface area contributed by atoms with Crippen molar-refractivity contribution in [3.05, 3.63) is 29.8 Å². The minimum Gasteiger partial charge on any atom is -0.481 e. The number of rotatable bonds is 5. The molecule has 0 saturated heterocycles. The summed E-state index contributed by atoms with van der Waals surface area (Å²) in [5.74, 6) is -0.748. The maximum absolute atomic E-state index is 12.7. The minimum absolute atomic E-state index is 0.0817. The van der Waals surface area contributed by atoms with Gasteiger partial charge in [-0.05, 0) is 24.5 Å². The van der Waals surface area contributed by atoms with Crippen LogP contribution in [0.1, 0.15) is 25.3 Å². The molecule has 2 unspecified atom stereocenters. The lowest BCUT2D eigenvalue weighted by Crippen LogP contribution is -2.45. The monoisotopic (exact) mass is 289 g/mol. The molecule has 5 nitrogen and oxygen atoms in total. The maximum atomic E-state index is 12.7. The van der Waals surface area contributed by atoms with Crippen molar-refractivity contribution in [2.45, 2.75) is 38.3 Å². The van der Waals surface area contributed by atoms with Gasteiger partial charge in [0.15, 0.2) is 6.10 Å². The standard InChI is InChI=1S/C16H19NO4/c1-10(16(19)20)9-17(12-6-7-12)15(18)14-8-11-4-2-3-5-13(11)21-14/h2-5,10,12,14H,6-9H2,1H3,(H,19,20). The SMILES string of the molecule is CC(CN(C(=O)C1Cc2ccccc2O1)C1CC1)C(=O)O. The van der Waals surface area contributed by atoms with Gasteiger partial charge in [-0.15, -0.1) is 0 Å². The van der Waals surface area contributed by atoms with Gasteiger partial charge in [0.05, 0.1) is 5.92 Å². The van der Waals surface area contributed by atoms with Crippen LogP contribution in [0.2, 0.25) is 0 Å². The van der Waals surface area contributed by atoms with Crippen LogP contribution in [0.15, 0.2) is 24.3 Å². The summed E-state index contributed by atoms with van der Waals surface area (Å²) in [7, 11) is 0. The average Bonchev–Trinajstić information content (AvgIpc) is 3.21. The summed E-state index contributed by atoms with van der Waals surface area (Å²) in [5, 5.41) is 9.05. The van der Waals surface area contributed by atoms with Crippen molar-refractivity contribution in [3.8, 4) is 5.75 Å². The fraction of sp³-hybridized carbons (Fsp3) is 0.500. The summed E-state index contributed by atoms with van der Waals surface area (Å²) in [6.07, 6.45) is 1.97. The molecule has 0 aromatic heterocycles. The second kappa shape index (κ2) is 5.39. The third-order valence-electron chi connectivity index (χ3n) is 4.09. The van der Waals surface area contributed by atoms with Crippen molar-refractivity contribution in [2.75, 3.05) is 6.54 Å². The number of ether oxygens (including phenoxy) is 1. The second-order valence-electron chi connectivity index (χ2n) is 5.88. The molecule has 1 saturated carbocycles. The van der Waals surface area contributed by atoms with Crippen LogP contribution in [0.5, 0.6) is 5.75 Å². The van der Waals surface area contributed by atoms with Crippen LogP contribution in [0.3, 0.4) is 0 Å². The molecule has 1 N–H and O–H groups in total. The number of amides is 1. The molecular formula is C16H19NO4.